The summed E-state index contributed by atoms with van der Waals surface area (Å²) in [7, 11) is -2.29. The predicted octanol–water partition coefficient (Wildman–Crippen LogP) is 0.990. The van der Waals surface area contributed by atoms with Crippen LogP contribution in [-0.4, -0.2) is 27.4 Å². The van der Waals surface area contributed by atoms with Crippen molar-refractivity contribution in [2.45, 2.75) is 11.8 Å². The molecule has 0 spiro atoms. The number of hydrogen-bond acceptors (Lipinski definition) is 5. The molecule has 0 N–H and O–H groups in total. The molecule has 6 heteroatoms. The highest BCUT2D eigenvalue weighted by atomic mass is 32.2. The SMILES string of the molecule is COc1ccccc1S(=O)(=O)COC(C)=O. The molecule has 0 aromatic heterocycles. The molecule has 0 saturated carbocycles. The van der Waals surface area contributed by atoms with Crippen LogP contribution in [0.2, 0.25) is 0 Å². The van der Waals surface area contributed by atoms with Crippen LogP contribution in [0.15, 0.2) is 29.2 Å². The molecule has 1 aromatic rings. The minimum atomic E-state index is -3.67. The Morgan fingerprint density at radius 3 is 2.50 bits per heavy atom. The Bertz CT molecular complexity index is 478. The van der Waals surface area contributed by atoms with E-state index in [9.17, 15) is 13.2 Å². The Balaban J connectivity index is 3.02. The zero-order valence-electron chi connectivity index (χ0n) is 8.97. The first-order valence-corrected chi connectivity index (χ1v) is 6.12. The van der Waals surface area contributed by atoms with Crippen molar-refractivity contribution in [3.8, 4) is 5.75 Å². The van der Waals surface area contributed by atoms with E-state index in [0.29, 0.717) is 0 Å². The van der Waals surface area contributed by atoms with Crippen LogP contribution in [0.3, 0.4) is 0 Å². The van der Waals surface area contributed by atoms with Gasteiger partial charge in [-0.2, -0.15) is 0 Å². The maximum Gasteiger partial charge on any atom is 0.303 e. The van der Waals surface area contributed by atoms with Gasteiger partial charge in [0.2, 0.25) is 9.84 Å². The third-order valence-corrected chi connectivity index (χ3v) is 3.26. The average Bonchev–Trinajstić information content (AvgIpc) is 2.26. The van der Waals surface area contributed by atoms with E-state index in [1.165, 1.54) is 19.2 Å². The Morgan fingerprint density at radius 1 is 1.31 bits per heavy atom. The zero-order valence-corrected chi connectivity index (χ0v) is 9.78. The molecule has 5 nitrogen and oxygen atoms in total. The van der Waals surface area contributed by atoms with Gasteiger partial charge in [-0.3, -0.25) is 4.79 Å². The quantitative estimate of drug-likeness (QED) is 0.739. The van der Waals surface area contributed by atoms with Gasteiger partial charge < -0.3 is 9.47 Å². The molecular formula is C10H12O5S. The summed E-state index contributed by atoms with van der Waals surface area (Å²) >= 11 is 0. The molecule has 1 aromatic carbocycles. The zero-order chi connectivity index (χ0) is 12.2. The van der Waals surface area contributed by atoms with Crippen molar-refractivity contribution in [2.75, 3.05) is 13.0 Å². The minimum Gasteiger partial charge on any atom is -0.495 e. The smallest absolute Gasteiger partial charge is 0.303 e. The van der Waals surface area contributed by atoms with Crippen molar-refractivity contribution in [2.24, 2.45) is 0 Å². The number of carbonyl (C=O) groups is 1. The van der Waals surface area contributed by atoms with Crippen LogP contribution in [0.5, 0.6) is 5.75 Å². The van der Waals surface area contributed by atoms with E-state index in [4.69, 9.17) is 4.74 Å². The van der Waals surface area contributed by atoms with Gasteiger partial charge in [-0.15, -0.1) is 0 Å². The summed E-state index contributed by atoms with van der Waals surface area (Å²) in [5.74, 6) is -1.09. The first kappa shape index (κ1) is 12.5. The van der Waals surface area contributed by atoms with E-state index in [1.54, 1.807) is 12.1 Å². The molecule has 0 heterocycles. The number of para-hydroxylation sites is 1. The summed E-state index contributed by atoms with van der Waals surface area (Å²) in [6.45, 7) is 1.15. The van der Waals surface area contributed by atoms with Gasteiger partial charge in [0.05, 0.1) is 7.11 Å². The molecule has 0 amide bonds. The Morgan fingerprint density at radius 2 is 1.94 bits per heavy atom. The summed E-state index contributed by atoms with van der Waals surface area (Å²) in [6.07, 6.45) is 0. The van der Waals surface area contributed by atoms with Gasteiger partial charge in [0.15, 0.2) is 5.94 Å². The first-order chi connectivity index (χ1) is 7.47. The van der Waals surface area contributed by atoms with Crippen molar-refractivity contribution in [1.82, 2.24) is 0 Å². The van der Waals surface area contributed by atoms with Gasteiger partial charge in [0.25, 0.3) is 0 Å². The maximum absolute atomic E-state index is 11.8. The first-order valence-electron chi connectivity index (χ1n) is 4.46. The van der Waals surface area contributed by atoms with Crippen LogP contribution in [0.1, 0.15) is 6.92 Å². The van der Waals surface area contributed by atoms with E-state index in [-0.39, 0.29) is 10.6 Å². The topological polar surface area (TPSA) is 69.7 Å². The van der Waals surface area contributed by atoms with E-state index in [2.05, 4.69) is 4.74 Å². The molecule has 0 unspecified atom stereocenters. The summed E-state index contributed by atoms with van der Waals surface area (Å²) in [4.78, 5) is 10.6. The molecule has 0 aliphatic heterocycles. The largest absolute Gasteiger partial charge is 0.495 e. The minimum absolute atomic E-state index is 0.0127. The fourth-order valence-electron chi connectivity index (χ4n) is 1.10. The number of rotatable bonds is 4. The van der Waals surface area contributed by atoms with Crippen LogP contribution in [0.4, 0.5) is 0 Å². The lowest BCUT2D eigenvalue weighted by Crippen LogP contribution is -2.13. The molecule has 88 valence electrons. The van der Waals surface area contributed by atoms with Crippen molar-refractivity contribution >= 4 is 15.8 Å². The molecule has 0 aliphatic rings. The Hall–Kier alpha value is -1.56. The fourth-order valence-corrected chi connectivity index (χ4v) is 2.29. The molecule has 0 aliphatic carbocycles. The van der Waals surface area contributed by atoms with Crippen molar-refractivity contribution in [1.29, 1.82) is 0 Å². The molecule has 16 heavy (non-hydrogen) atoms. The van der Waals surface area contributed by atoms with Gasteiger partial charge in [0.1, 0.15) is 10.6 Å². The van der Waals surface area contributed by atoms with E-state index < -0.39 is 21.7 Å². The molecule has 0 radical (unpaired) electrons. The number of methoxy groups -OCH3 is 1. The second kappa shape index (κ2) is 4.98. The lowest BCUT2D eigenvalue weighted by Gasteiger charge is -2.08. The van der Waals surface area contributed by atoms with Crippen LogP contribution in [0.25, 0.3) is 0 Å². The van der Waals surface area contributed by atoms with Crippen molar-refractivity contribution in [3.05, 3.63) is 24.3 Å². The highest BCUT2D eigenvalue weighted by Gasteiger charge is 2.20. The molecule has 1 rings (SSSR count). The molecule has 0 saturated heterocycles. The van der Waals surface area contributed by atoms with Gasteiger partial charge in [0, 0.05) is 6.92 Å². The second-order valence-electron chi connectivity index (χ2n) is 3.02. The number of carbonyl (C=O) groups excluding carboxylic acids is 1. The summed E-state index contributed by atoms with van der Waals surface area (Å²) in [5.41, 5.74) is 0. The van der Waals surface area contributed by atoms with Crippen molar-refractivity contribution < 1.29 is 22.7 Å². The van der Waals surface area contributed by atoms with Gasteiger partial charge in [-0.05, 0) is 12.1 Å². The number of benzene rings is 1. The van der Waals surface area contributed by atoms with Crippen LogP contribution in [-0.2, 0) is 19.4 Å². The lowest BCUT2D eigenvalue weighted by molar-refractivity contribution is -0.138. The van der Waals surface area contributed by atoms with E-state index >= 15 is 0 Å². The molecule has 0 bridgehead atoms. The van der Waals surface area contributed by atoms with Crippen LogP contribution in [0, 0.1) is 0 Å². The second-order valence-corrected chi connectivity index (χ2v) is 4.92. The van der Waals surface area contributed by atoms with Gasteiger partial charge >= 0.3 is 5.97 Å². The highest BCUT2D eigenvalue weighted by molar-refractivity contribution is 7.91. The van der Waals surface area contributed by atoms with Crippen LogP contribution >= 0.6 is 0 Å². The monoisotopic (exact) mass is 244 g/mol. The van der Waals surface area contributed by atoms with Crippen molar-refractivity contribution in [3.63, 3.8) is 0 Å². The normalized spacial score (nSPS) is 10.9. The fraction of sp³-hybridized carbons (Fsp3) is 0.300. The maximum atomic E-state index is 11.8. The molecular weight excluding hydrogens is 232 g/mol. The summed E-state index contributed by atoms with van der Waals surface area (Å²) in [6, 6.07) is 6.16. The Labute approximate surface area is 93.9 Å². The third kappa shape index (κ3) is 2.96. The summed E-state index contributed by atoms with van der Waals surface area (Å²) < 4.78 is 32.9. The number of hydrogen-bond donors (Lipinski definition) is 0. The number of esters is 1. The van der Waals surface area contributed by atoms with Gasteiger partial charge in [-0.1, -0.05) is 12.1 Å². The molecule has 0 fully saturated rings. The Kier molecular flexibility index (Phi) is 3.89. The lowest BCUT2D eigenvalue weighted by atomic mass is 10.3. The molecule has 0 atom stereocenters. The number of ether oxygens (including phenoxy) is 2. The standard InChI is InChI=1S/C10H12O5S/c1-8(11)15-7-16(12,13)10-6-4-3-5-9(10)14-2/h3-6H,7H2,1-2H3. The van der Waals surface area contributed by atoms with Crippen LogP contribution < -0.4 is 4.74 Å². The average molecular weight is 244 g/mol. The van der Waals surface area contributed by atoms with Gasteiger partial charge in [-0.25, -0.2) is 8.42 Å². The van der Waals surface area contributed by atoms with E-state index in [1.807, 2.05) is 0 Å². The highest BCUT2D eigenvalue weighted by Crippen LogP contribution is 2.23. The third-order valence-electron chi connectivity index (χ3n) is 1.82. The predicted molar refractivity (Wildman–Crippen MR) is 56.8 cm³/mol. The number of sulfone groups is 1. The summed E-state index contributed by atoms with van der Waals surface area (Å²) in [5, 5.41) is 0. The van der Waals surface area contributed by atoms with E-state index in [0.717, 1.165) is 6.92 Å².